The molecule has 0 aliphatic rings. The molecule has 5 heteroatoms. The van der Waals surface area contributed by atoms with Gasteiger partial charge < -0.3 is 9.64 Å². The Bertz CT molecular complexity index is 516. The van der Waals surface area contributed by atoms with Crippen molar-refractivity contribution in [2.45, 2.75) is 123 Å². The number of carbonyl (C=O) groups is 3. The van der Waals surface area contributed by atoms with Crippen molar-refractivity contribution in [3.8, 4) is 0 Å². The maximum Gasteiger partial charge on any atom is 0.305 e. The standard InChI is InChI=1S/C28H51NO4/c1-26(2)20-15-13-11-9-7-5-4-6-8-10-12-14-18-25-33-28(32)22-16-17-23-29(3)27(31)21-19-24-30/h19,21,24,26H,4-18,20,22-23,25H2,1-3H3/b21-19-. The molecule has 0 saturated heterocycles. The van der Waals surface area contributed by atoms with Gasteiger partial charge in [-0.3, -0.25) is 14.4 Å². The van der Waals surface area contributed by atoms with Gasteiger partial charge in [-0.1, -0.05) is 97.3 Å². The molecule has 0 aromatic carbocycles. The zero-order valence-corrected chi connectivity index (χ0v) is 21.8. The SMILES string of the molecule is CC(C)CCCCCCCCCCCCCCCOC(=O)CCCCN(C)C(=O)/C=C\C=O. The minimum Gasteiger partial charge on any atom is -0.466 e. The molecular formula is C28H51NO4. The first kappa shape index (κ1) is 31.4. The van der Waals surface area contributed by atoms with E-state index in [4.69, 9.17) is 4.74 Å². The van der Waals surface area contributed by atoms with Crippen LogP contribution in [0.3, 0.4) is 0 Å². The van der Waals surface area contributed by atoms with Crippen molar-refractivity contribution in [2.75, 3.05) is 20.2 Å². The first-order valence-corrected chi connectivity index (χ1v) is 13.5. The van der Waals surface area contributed by atoms with Gasteiger partial charge in [0.1, 0.15) is 6.29 Å². The van der Waals surface area contributed by atoms with Crippen molar-refractivity contribution < 1.29 is 19.1 Å². The molecule has 0 saturated carbocycles. The Kier molecular flexibility index (Phi) is 22.3. The number of allylic oxidation sites excluding steroid dienone is 1. The maximum absolute atomic E-state index is 11.8. The summed E-state index contributed by atoms with van der Waals surface area (Å²) in [7, 11) is 1.69. The van der Waals surface area contributed by atoms with E-state index in [0.717, 1.165) is 25.2 Å². The molecule has 0 fully saturated rings. The fourth-order valence-corrected chi connectivity index (χ4v) is 3.83. The highest BCUT2D eigenvalue weighted by atomic mass is 16.5. The number of aldehydes is 1. The van der Waals surface area contributed by atoms with Gasteiger partial charge in [-0.15, -0.1) is 0 Å². The van der Waals surface area contributed by atoms with Gasteiger partial charge in [-0.25, -0.2) is 0 Å². The zero-order valence-electron chi connectivity index (χ0n) is 21.8. The molecule has 0 bridgehead atoms. The molecule has 0 aromatic heterocycles. The first-order chi connectivity index (χ1) is 16.0. The second-order valence-electron chi connectivity index (χ2n) is 9.71. The van der Waals surface area contributed by atoms with Gasteiger partial charge in [0.2, 0.25) is 5.91 Å². The number of nitrogens with zero attached hydrogens (tertiary/aromatic N) is 1. The van der Waals surface area contributed by atoms with E-state index < -0.39 is 0 Å². The molecule has 5 nitrogen and oxygen atoms in total. The number of hydrogen-bond acceptors (Lipinski definition) is 4. The molecule has 0 atom stereocenters. The smallest absolute Gasteiger partial charge is 0.305 e. The van der Waals surface area contributed by atoms with Crippen LogP contribution in [0.5, 0.6) is 0 Å². The zero-order chi connectivity index (χ0) is 24.6. The topological polar surface area (TPSA) is 63.7 Å². The van der Waals surface area contributed by atoms with Crippen molar-refractivity contribution in [2.24, 2.45) is 5.92 Å². The average Bonchev–Trinajstić information content (AvgIpc) is 2.79. The van der Waals surface area contributed by atoms with E-state index in [1.54, 1.807) is 11.9 Å². The van der Waals surface area contributed by atoms with Crippen LogP contribution in [0.1, 0.15) is 123 Å². The first-order valence-electron chi connectivity index (χ1n) is 13.5. The summed E-state index contributed by atoms with van der Waals surface area (Å²) < 4.78 is 5.30. The molecule has 0 N–H and O–H groups in total. The molecule has 0 radical (unpaired) electrons. The summed E-state index contributed by atoms with van der Waals surface area (Å²) in [6, 6.07) is 0. The van der Waals surface area contributed by atoms with Gasteiger partial charge >= 0.3 is 5.97 Å². The Morgan fingerprint density at radius 3 is 1.79 bits per heavy atom. The molecule has 33 heavy (non-hydrogen) atoms. The lowest BCUT2D eigenvalue weighted by atomic mass is 10.0. The Balaban J connectivity index is 3.32. The molecule has 0 unspecified atom stereocenters. The lowest BCUT2D eigenvalue weighted by Gasteiger charge is -2.14. The number of esters is 1. The summed E-state index contributed by atoms with van der Waals surface area (Å²) in [6.45, 7) is 5.70. The van der Waals surface area contributed by atoms with Crippen LogP contribution < -0.4 is 0 Å². The Hall–Kier alpha value is -1.65. The molecule has 1 amide bonds. The minimum absolute atomic E-state index is 0.148. The van der Waals surface area contributed by atoms with Gasteiger partial charge in [0.25, 0.3) is 0 Å². The number of ether oxygens (including phenoxy) is 1. The third-order valence-electron chi connectivity index (χ3n) is 6.01. The summed E-state index contributed by atoms with van der Waals surface area (Å²) in [5, 5.41) is 0. The van der Waals surface area contributed by atoms with Crippen LogP contribution >= 0.6 is 0 Å². The highest BCUT2D eigenvalue weighted by Gasteiger charge is 2.06. The van der Waals surface area contributed by atoms with E-state index in [-0.39, 0.29) is 11.9 Å². The molecule has 0 aliphatic carbocycles. The molecule has 0 rings (SSSR count). The molecule has 0 aliphatic heterocycles. The predicted molar refractivity (Wildman–Crippen MR) is 137 cm³/mol. The number of carbonyl (C=O) groups excluding carboxylic acids is 3. The lowest BCUT2D eigenvalue weighted by Crippen LogP contribution is -2.26. The van der Waals surface area contributed by atoms with E-state index in [1.165, 1.54) is 89.2 Å². The summed E-state index contributed by atoms with van der Waals surface area (Å²) in [5.74, 6) is 0.505. The van der Waals surface area contributed by atoms with Gasteiger partial charge in [0.15, 0.2) is 0 Å². The van der Waals surface area contributed by atoms with Crippen molar-refractivity contribution in [1.29, 1.82) is 0 Å². The van der Waals surface area contributed by atoms with E-state index in [1.807, 2.05) is 0 Å². The summed E-state index contributed by atoms with van der Waals surface area (Å²) >= 11 is 0. The van der Waals surface area contributed by atoms with E-state index in [0.29, 0.717) is 32.3 Å². The molecular weight excluding hydrogens is 414 g/mol. The van der Waals surface area contributed by atoms with Crippen LogP contribution in [0.15, 0.2) is 12.2 Å². The largest absolute Gasteiger partial charge is 0.466 e. The highest BCUT2D eigenvalue weighted by Crippen LogP contribution is 2.14. The Morgan fingerprint density at radius 2 is 1.27 bits per heavy atom. The molecule has 0 heterocycles. The van der Waals surface area contributed by atoms with Gasteiger partial charge in [0, 0.05) is 26.1 Å². The highest BCUT2D eigenvalue weighted by molar-refractivity contribution is 5.90. The average molecular weight is 466 g/mol. The van der Waals surface area contributed by atoms with Crippen LogP contribution in [0.2, 0.25) is 0 Å². The fraction of sp³-hybridized carbons (Fsp3) is 0.821. The van der Waals surface area contributed by atoms with E-state index in [2.05, 4.69) is 13.8 Å². The summed E-state index contributed by atoms with van der Waals surface area (Å²) in [4.78, 5) is 35.1. The van der Waals surface area contributed by atoms with Crippen molar-refractivity contribution >= 4 is 18.2 Å². The van der Waals surface area contributed by atoms with Crippen LogP contribution in [-0.2, 0) is 19.1 Å². The summed E-state index contributed by atoms with van der Waals surface area (Å²) in [5.41, 5.74) is 0. The molecule has 0 spiro atoms. The van der Waals surface area contributed by atoms with Crippen molar-refractivity contribution in [3.05, 3.63) is 12.2 Å². The molecule has 0 aromatic rings. The fourth-order valence-electron chi connectivity index (χ4n) is 3.83. The normalized spacial score (nSPS) is 11.3. The van der Waals surface area contributed by atoms with Gasteiger partial charge in [0.05, 0.1) is 6.61 Å². The van der Waals surface area contributed by atoms with Crippen molar-refractivity contribution in [3.63, 3.8) is 0 Å². The van der Waals surface area contributed by atoms with Crippen LogP contribution in [-0.4, -0.2) is 43.3 Å². The second kappa shape index (κ2) is 23.5. The van der Waals surface area contributed by atoms with Crippen LogP contribution in [0, 0.1) is 5.92 Å². The monoisotopic (exact) mass is 465 g/mol. The number of unbranched alkanes of at least 4 members (excludes halogenated alkanes) is 13. The van der Waals surface area contributed by atoms with Gasteiger partial charge in [-0.05, 0) is 31.3 Å². The number of hydrogen-bond donors (Lipinski definition) is 0. The van der Waals surface area contributed by atoms with E-state index >= 15 is 0 Å². The van der Waals surface area contributed by atoms with E-state index in [9.17, 15) is 14.4 Å². The molecule has 192 valence electrons. The Morgan fingerprint density at radius 1 is 0.758 bits per heavy atom. The third-order valence-corrected chi connectivity index (χ3v) is 6.01. The second-order valence-corrected chi connectivity index (χ2v) is 9.71. The summed E-state index contributed by atoms with van der Waals surface area (Å²) in [6.07, 6.45) is 23.3. The number of rotatable bonds is 23. The number of amides is 1. The maximum atomic E-state index is 11.8. The quantitative estimate of drug-likeness (QED) is 0.0703. The lowest BCUT2D eigenvalue weighted by molar-refractivity contribution is -0.143. The Labute approximate surface area is 203 Å². The third kappa shape index (κ3) is 23.3. The van der Waals surface area contributed by atoms with Gasteiger partial charge in [-0.2, -0.15) is 0 Å². The van der Waals surface area contributed by atoms with Crippen LogP contribution in [0.25, 0.3) is 0 Å². The van der Waals surface area contributed by atoms with Crippen LogP contribution in [0.4, 0.5) is 0 Å². The van der Waals surface area contributed by atoms with Crippen molar-refractivity contribution in [1.82, 2.24) is 4.90 Å². The number of likely N-dealkylation sites (N-methyl/N-ethyl adjacent to an activating group) is 1. The predicted octanol–water partition coefficient (Wildman–Crippen LogP) is 7.03. The minimum atomic E-state index is -0.201.